The number of carbonyl (C=O) groups is 1. The summed E-state index contributed by atoms with van der Waals surface area (Å²) < 4.78 is 11.6. The van der Waals surface area contributed by atoms with Gasteiger partial charge in [0.05, 0.1) is 36.7 Å². The number of nitrogens with two attached hydrogens (primary N) is 1. The number of hydrogen-bond donors (Lipinski definition) is 1. The molecule has 0 unspecified atom stereocenters. The van der Waals surface area contributed by atoms with Gasteiger partial charge in [-0.25, -0.2) is 9.97 Å². The fourth-order valence-corrected chi connectivity index (χ4v) is 3.78. The van der Waals surface area contributed by atoms with Crippen LogP contribution in [0.2, 0.25) is 0 Å². The van der Waals surface area contributed by atoms with Gasteiger partial charge in [-0.15, -0.1) is 0 Å². The van der Waals surface area contributed by atoms with Gasteiger partial charge < -0.3 is 20.1 Å². The monoisotopic (exact) mass is 433 g/mol. The third-order valence-corrected chi connectivity index (χ3v) is 5.43. The van der Waals surface area contributed by atoms with Gasteiger partial charge >= 0.3 is 0 Å². The van der Waals surface area contributed by atoms with Gasteiger partial charge in [0, 0.05) is 25.4 Å². The Morgan fingerprint density at radius 2 is 2.06 bits per heavy atom. The number of ether oxygens (including phenoxy) is 2. The molecule has 166 valence electrons. The van der Waals surface area contributed by atoms with Crippen LogP contribution in [0.4, 0.5) is 5.95 Å². The van der Waals surface area contributed by atoms with Crippen LogP contribution in [0.15, 0.2) is 48.8 Å². The van der Waals surface area contributed by atoms with Crippen molar-refractivity contribution in [3.8, 4) is 5.75 Å². The van der Waals surface area contributed by atoms with Gasteiger partial charge in [0.25, 0.3) is 5.91 Å². The van der Waals surface area contributed by atoms with Crippen LogP contribution in [0.3, 0.4) is 0 Å². The molecule has 3 aromatic rings. The second-order valence-electron chi connectivity index (χ2n) is 7.65. The van der Waals surface area contributed by atoms with E-state index >= 15 is 0 Å². The Hall–Kier alpha value is -3.52. The van der Waals surface area contributed by atoms with E-state index in [0.717, 1.165) is 29.0 Å². The molecule has 0 saturated carbocycles. The van der Waals surface area contributed by atoms with Gasteiger partial charge in [0.15, 0.2) is 0 Å². The molecule has 1 aromatic carbocycles. The number of morpholine rings is 1. The number of para-hydroxylation sites is 1. The molecular formula is C24H27N5O3. The van der Waals surface area contributed by atoms with Crippen LogP contribution in [0, 0.1) is 6.92 Å². The number of nitrogen functional groups attached to an aromatic ring is 1. The molecule has 1 atom stereocenters. The number of aryl methyl sites for hydroxylation is 1. The lowest BCUT2D eigenvalue weighted by molar-refractivity contribution is -0.0247. The van der Waals surface area contributed by atoms with Crippen molar-refractivity contribution >= 4 is 11.9 Å². The van der Waals surface area contributed by atoms with E-state index in [1.807, 2.05) is 43.5 Å². The van der Waals surface area contributed by atoms with Crippen molar-refractivity contribution in [2.45, 2.75) is 26.4 Å². The SMILES string of the molecule is CCOc1ccccc1Cc1ccc([C@@H]2CN(C(=O)c3cnc(N)nc3C)CCO2)nc1. The number of anilines is 1. The predicted molar refractivity (Wildman–Crippen MR) is 120 cm³/mol. The van der Waals surface area contributed by atoms with E-state index in [2.05, 4.69) is 21.0 Å². The fourth-order valence-electron chi connectivity index (χ4n) is 3.78. The third kappa shape index (κ3) is 4.86. The van der Waals surface area contributed by atoms with E-state index in [1.54, 1.807) is 11.8 Å². The molecule has 8 nitrogen and oxygen atoms in total. The molecule has 3 heterocycles. The van der Waals surface area contributed by atoms with E-state index in [4.69, 9.17) is 15.2 Å². The second kappa shape index (κ2) is 9.74. The molecule has 2 aromatic heterocycles. The first-order valence-electron chi connectivity index (χ1n) is 10.7. The first-order chi connectivity index (χ1) is 15.5. The smallest absolute Gasteiger partial charge is 0.257 e. The summed E-state index contributed by atoms with van der Waals surface area (Å²) >= 11 is 0. The fraction of sp³-hybridized carbons (Fsp3) is 0.333. The van der Waals surface area contributed by atoms with Crippen molar-refractivity contribution in [2.24, 2.45) is 0 Å². The maximum absolute atomic E-state index is 13.0. The Morgan fingerprint density at radius 3 is 2.81 bits per heavy atom. The average Bonchev–Trinajstić information content (AvgIpc) is 2.81. The van der Waals surface area contributed by atoms with E-state index in [0.29, 0.717) is 37.6 Å². The summed E-state index contributed by atoms with van der Waals surface area (Å²) in [7, 11) is 0. The molecule has 8 heteroatoms. The van der Waals surface area contributed by atoms with Crippen molar-refractivity contribution in [1.82, 2.24) is 19.9 Å². The number of benzene rings is 1. The van der Waals surface area contributed by atoms with Crippen molar-refractivity contribution in [2.75, 3.05) is 32.0 Å². The van der Waals surface area contributed by atoms with E-state index in [1.165, 1.54) is 6.20 Å². The summed E-state index contributed by atoms with van der Waals surface area (Å²) in [6.07, 6.45) is 3.79. The molecule has 1 saturated heterocycles. The normalized spacial score (nSPS) is 16.1. The Labute approximate surface area is 187 Å². The van der Waals surface area contributed by atoms with E-state index < -0.39 is 0 Å². The lowest BCUT2D eigenvalue weighted by atomic mass is 10.0. The molecule has 1 fully saturated rings. The zero-order valence-corrected chi connectivity index (χ0v) is 18.3. The molecule has 0 bridgehead atoms. The van der Waals surface area contributed by atoms with E-state index in [-0.39, 0.29) is 18.0 Å². The van der Waals surface area contributed by atoms with Crippen molar-refractivity contribution in [1.29, 1.82) is 0 Å². The lowest BCUT2D eigenvalue weighted by Crippen LogP contribution is -2.42. The van der Waals surface area contributed by atoms with Crippen molar-refractivity contribution < 1.29 is 14.3 Å². The molecule has 1 amide bonds. The van der Waals surface area contributed by atoms with Crippen LogP contribution in [0.5, 0.6) is 5.75 Å². The summed E-state index contributed by atoms with van der Waals surface area (Å²) in [4.78, 5) is 27.4. The quantitative estimate of drug-likeness (QED) is 0.637. The van der Waals surface area contributed by atoms with Crippen molar-refractivity contribution in [3.63, 3.8) is 0 Å². The summed E-state index contributed by atoms with van der Waals surface area (Å²) in [6, 6.07) is 12.0. The van der Waals surface area contributed by atoms with Gasteiger partial charge in [-0.1, -0.05) is 24.3 Å². The number of carbonyl (C=O) groups excluding carboxylic acids is 1. The van der Waals surface area contributed by atoms with Crippen LogP contribution in [-0.2, 0) is 11.2 Å². The number of pyridine rings is 1. The average molecular weight is 434 g/mol. The molecule has 2 N–H and O–H groups in total. The summed E-state index contributed by atoms with van der Waals surface area (Å²) in [6.45, 7) is 5.73. The van der Waals surface area contributed by atoms with Crippen LogP contribution >= 0.6 is 0 Å². The Balaban J connectivity index is 1.44. The number of nitrogens with zero attached hydrogens (tertiary/aromatic N) is 4. The summed E-state index contributed by atoms with van der Waals surface area (Å²) in [5.41, 5.74) is 9.63. The highest BCUT2D eigenvalue weighted by Crippen LogP contribution is 2.25. The lowest BCUT2D eigenvalue weighted by Gasteiger charge is -2.33. The second-order valence-corrected chi connectivity index (χ2v) is 7.65. The number of rotatable bonds is 6. The Kier molecular flexibility index (Phi) is 6.61. The van der Waals surface area contributed by atoms with Gasteiger partial charge in [-0.3, -0.25) is 9.78 Å². The highest BCUT2D eigenvalue weighted by atomic mass is 16.5. The zero-order chi connectivity index (χ0) is 22.5. The highest BCUT2D eigenvalue weighted by Gasteiger charge is 2.28. The minimum Gasteiger partial charge on any atom is -0.494 e. The molecule has 0 aliphatic carbocycles. The van der Waals surface area contributed by atoms with Gasteiger partial charge in [-0.2, -0.15) is 0 Å². The molecule has 1 aliphatic heterocycles. The standard InChI is InChI=1S/C24H27N5O3/c1-3-31-21-7-5-4-6-18(21)12-17-8-9-20(26-13-17)22-15-29(10-11-32-22)23(30)19-14-27-24(25)28-16(19)2/h4-9,13-14,22H,3,10-12,15H2,1-2H3,(H2,25,27,28)/t22-/m0/s1. The molecule has 0 radical (unpaired) electrons. The Bertz CT molecular complexity index is 1090. The number of aromatic nitrogens is 3. The molecule has 4 rings (SSSR count). The maximum atomic E-state index is 13.0. The molecule has 1 aliphatic rings. The molecule has 0 spiro atoms. The van der Waals surface area contributed by atoms with Crippen molar-refractivity contribution in [3.05, 3.63) is 76.9 Å². The largest absolute Gasteiger partial charge is 0.494 e. The molecular weight excluding hydrogens is 406 g/mol. The summed E-state index contributed by atoms with van der Waals surface area (Å²) in [5.74, 6) is 0.929. The van der Waals surface area contributed by atoms with Crippen LogP contribution in [0.1, 0.15) is 45.9 Å². The van der Waals surface area contributed by atoms with Gasteiger partial charge in [-0.05, 0) is 37.1 Å². The maximum Gasteiger partial charge on any atom is 0.257 e. The van der Waals surface area contributed by atoms with Gasteiger partial charge in [0.2, 0.25) is 5.95 Å². The highest BCUT2D eigenvalue weighted by molar-refractivity contribution is 5.95. The van der Waals surface area contributed by atoms with Crippen LogP contribution in [-0.4, -0.2) is 52.1 Å². The predicted octanol–water partition coefficient (Wildman–Crippen LogP) is 2.97. The number of hydrogen-bond acceptors (Lipinski definition) is 7. The first kappa shape index (κ1) is 21.7. The first-order valence-corrected chi connectivity index (χ1v) is 10.7. The summed E-state index contributed by atoms with van der Waals surface area (Å²) in [5, 5.41) is 0. The van der Waals surface area contributed by atoms with Gasteiger partial charge in [0.1, 0.15) is 11.9 Å². The van der Waals surface area contributed by atoms with Crippen LogP contribution < -0.4 is 10.5 Å². The molecule has 32 heavy (non-hydrogen) atoms. The third-order valence-electron chi connectivity index (χ3n) is 5.43. The number of amides is 1. The van der Waals surface area contributed by atoms with E-state index in [9.17, 15) is 4.79 Å². The minimum absolute atomic E-state index is 0.125. The Morgan fingerprint density at radius 1 is 1.22 bits per heavy atom. The minimum atomic E-state index is -0.285. The van der Waals surface area contributed by atoms with Crippen LogP contribution in [0.25, 0.3) is 0 Å². The zero-order valence-electron chi connectivity index (χ0n) is 18.3. The topological polar surface area (TPSA) is 103 Å².